The van der Waals surface area contributed by atoms with Gasteiger partial charge >= 0.3 is 5.97 Å². The van der Waals surface area contributed by atoms with Crippen molar-refractivity contribution in [2.45, 2.75) is 44.9 Å². The highest BCUT2D eigenvalue weighted by atomic mass is 79.9. The predicted octanol–water partition coefficient (Wildman–Crippen LogP) is 2.70. The van der Waals surface area contributed by atoms with Crippen molar-refractivity contribution in [1.29, 1.82) is 0 Å². The number of hydrogen-bond acceptors (Lipinski definition) is 6. The summed E-state index contributed by atoms with van der Waals surface area (Å²) in [6, 6.07) is 11.9. The maximum absolute atomic E-state index is 12.6. The second kappa shape index (κ2) is 11.7. The first-order valence-corrected chi connectivity index (χ1v) is 12.2. The Bertz CT molecular complexity index is 1080. The highest BCUT2D eigenvalue weighted by Crippen LogP contribution is 2.30. The molecule has 3 rings (SSSR count). The third-order valence-corrected chi connectivity index (χ3v) is 6.03. The Morgan fingerprint density at radius 1 is 1.11 bits per heavy atom. The number of carboxylic acids is 1. The van der Waals surface area contributed by atoms with Crippen molar-refractivity contribution in [1.82, 2.24) is 21.3 Å². The van der Waals surface area contributed by atoms with E-state index in [4.69, 9.17) is 0 Å². The van der Waals surface area contributed by atoms with Gasteiger partial charge in [0.15, 0.2) is 0 Å². The van der Waals surface area contributed by atoms with Gasteiger partial charge in [0.25, 0.3) is 5.91 Å². The standard InChI is InChI=1S/C25H32BrN5O4/c1-25(2,3)17-9-16(10-18(26)12-17)20(13-22(33)34)31-21(32)14-29-23(35)15-5-4-6-19(11-15)30-24-27-7-8-28-24/h4-6,9-12,20,24,27-28,30H,7-8,13-14H2,1-3H3,(H,29,35)(H,31,32)(H,33,34)/t20-/m0/s1. The molecule has 0 bridgehead atoms. The van der Waals surface area contributed by atoms with Crippen molar-refractivity contribution in [3.63, 3.8) is 0 Å². The number of carbonyl (C=O) groups excluding carboxylic acids is 2. The molecule has 188 valence electrons. The molecule has 0 unspecified atom stereocenters. The topological polar surface area (TPSA) is 132 Å². The lowest BCUT2D eigenvalue weighted by Crippen LogP contribution is -2.39. The summed E-state index contributed by atoms with van der Waals surface area (Å²) >= 11 is 3.48. The van der Waals surface area contributed by atoms with Crippen LogP contribution < -0.4 is 26.6 Å². The number of carbonyl (C=O) groups is 3. The summed E-state index contributed by atoms with van der Waals surface area (Å²) in [5, 5.41) is 24.5. The molecule has 1 heterocycles. The lowest BCUT2D eigenvalue weighted by molar-refractivity contribution is -0.137. The summed E-state index contributed by atoms with van der Waals surface area (Å²) in [7, 11) is 0. The van der Waals surface area contributed by atoms with E-state index in [0.29, 0.717) is 11.1 Å². The van der Waals surface area contributed by atoms with Crippen LogP contribution in [0.4, 0.5) is 5.69 Å². The van der Waals surface area contributed by atoms with Gasteiger partial charge in [-0.05, 0) is 46.9 Å². The van der Waals surface area contributed by atoms with Gasteiger partial charge in [-0.1, -0.05) is 48.8 Å². The highest BCUT2D eigenvalue weighted by molar-refractivity contribution is 9.10. The van der Waals surface area contributed by atoms with Crippen LogP contribution in [-0.2, 0) is 15.0 Å². The smallest absolute Gasteiger partial charge is 0.305 e. The van der Waals surface area contributed by atoms with E-state index in [1.54, 1.807) is 24.3 Å². The monoisotopic (exact) mass is 545 g/mol. The Hall–Kier alpha value is -2.95. The average Bonchev–Trinajstić information content (AvgIpc) is 3.29. The lowest BCUT2D eigenvalue weighted by Gasteiger charge is -2.24. The number of halogens is 1. The van der Waals surface area contributed by atoms with E-state index < -0.39 is 23.8 Å². The number of nitrogens with one attached hydrogen (secondary N) is 5. The number of rotatable bonds is 9. The largest absolute Gasteiger partial charge is 0.481 e. The number of benzene rings is 2. The summed E-state index contributed by atoms with van der Waals surface area (Å²) < 4.78 is 0.800. The zero-order valence-electron chi connectivity index (χ0n) is 20.1. The van der Waals surface area contributed by atoms with Gasteiger partial charge < -0.3 is 21.1 Å². The third kappa shape index (κ3) is 8.05. The Morgan fingerprint density at radius 3 is 2.49 bits per heavy atom. The first-order chi connectivity index (χ1) is 16.5. The van der Waals surface area contributed by atoms with Gasteiger partial charge in [-0.2, -0.15) is 0 Å². The van der Waals surface area contributed by atoms with Crippen molar-refractivity contribution in [3.05, 3.63) is 63.6 Å². The number of aliphatic carboxylic acids is 1. The quantitative estimate of drug-likeness (QED) is 0.285. The SMILES string of the molecule is CC(C)(C)c1cc(Br)cc([C@H](CC(=O)O)NC(=O)CNC(=O)c2cccc(NC3NCCN3)c2)c1. The predicted molar refractivity (Wildman–Crippen MR) is 138 cm³/mol. The minimum absolute atomic E-state index is 0.0675. The zero-order chi connectivity index (χ0) is 25.6. The van der Waals surface area contributed by atoms with Crippen LogP contribution in [0.15, 0.2) is 46.9 Å². The van der Waals surface area contributed by atoms with Crippen LogP contribution in [-0.4, -0.2) is 48.8 Å². The maximum Gasteiger partial charge on any atom is 0.305 e. The molecule has 1 aliphatic heterocycles. The average molecular weight is 546 g/mol. The summed E-state index contributed by atoms with van der Waals surface area (Å²) in [5.74, 6) is -1.91. The molecule has 10 heteroatoms. The second-order valence-electron chi connectivity index (χ2n) is 9.49. The Morgan fingerprint density at radius 2 is 1.83 bits per heavy atom. The van der Waals surface area contributed by atoms with E-state index in [0.717, 1.165) is 28.8 Å². The first-order valence-electron chi connectivity index (χ1n) is 11.4. The zero-order valence-corrected chi connectivity index (χ0v) is 21.7. The molecule has 0 aliphatic carbocycles. The fourth-order valence-corrected chi connectivity index (χ4v) is 4.22. The van der Waals surface area contributed by atoms with Gasteiger partial charge in [0.2, 0.25) is 5.91 Å². The van der Waals surface area contributed by atoms with Gasteiger partial charge in [-0.15, -0.1) is 0 Å². The van der Waals surface area contributed by atoms with Crippen LogP contribution in [0.25, 0.3) is 0 Å². The molecular formula is C25H32BrN5O4. The molecule has 0 radical (unpaired) electrons. The second-order valence-corrected chi connectivity index (χ2v) is 10.4. The fraction of sp³-hybridized carbons (Fsp3) is 0.400. The van der Waals surface area contributed by atoms with Gasteiger partial charge in [0.05, 0.1) is 19.0 Å². The summed E-state index contributed by atoms with van der Waals surface area (Å²) in [4.78, 5) is 36.8. The number of hydrogen-bond donors (Lipinski definition) is 6. The van der Waals surface area contributed by atoms with E-state index >= 15 is 0 Å². The van der Waals surface area contributed by atoms with Gasteiger partial charge in [0, 0.05) is 28.8 Å². The molecule has 1 saturated heterocycles. The van der Waals surface area contributed by atoms with Crippen molar-refractivity contribution in [2.24, 2.45) is 0 Å². The van der Waals surface area contributed by atoms with Crippen molar-refractivity contribution in [2.75, 3.05) is 25.0 Å². The van der Waals surface area contributed by atoms with Gasteiger partial charge in [0.1, 0.15) is 6.29 Å². The first kappa shape index (κ1) is 26.7. The van der Waals surface area contributed by atoms with Crippen LogP contribution in [0.5, 0.6) is 0 Å². The summed E-state index contributed by atoms with van der Waals surface area (Å²) in [6.07, 6.45) is -0.349. The molecule has 9 nitrogen and oxygen atoms in total. The summed E-state index contributed by atoms with van der Waals surface area (Å²) in [5.41, 5.74) is 2.71. The molecule has 0 saturated carbocycles. The van der Waals surface area contributed by atoms with Crippen LogP contribution in [0.3, 0.4) is 0 Å². The van der Waals surface area contributed by atoms with E-state index in [2.05, 4.69) is 63.3 Å². The summed E-state index contributed by atoms with van der Waals surface area (Å²) in [6.45, 7) is 7.61. The molecule has 2 aromatic rings. The van der Waals surface area contributed by atoms with E-state index in [-0.39, 0.29) is 24.7 Å². The Balaban J connectivity index is 1.64. The molecule has 1 aliphatic rings. The maximum atomic E-state index is 12.6. The highest BCUT2D eigenvalue weighted by Gasteiger charge is 2.22. The van der Waals surface area contributed by atoms with Gasteiger partial charge in [-0.25, -0.2) is 0 Å². The van der Waals surface area contributed by atoms with Crippen molar-refractivity contribution >= 4 is 39.4 Å². The number of amides is 2. The normalized spacial score (nSPS) is 14.9. The minimum Gasteiger partial charge on any atom is -0.481 e. The molecule has 2 aromatic carbocycles. The fourth-order valence-electron chi connectivity index (χ4n) is 3.71. The molecule has 0 spiro atoms. The van der Waals surface area contributed by atoms with Crippen LogP contribution in [0.1, 0.15) is 54.7 Å². The van der Waals surface area contributed by atoms with Crippen molar-refractivity contribution < 1.29 is 19.5 Å². The molecule has 1 atom stereocenters. The van der Waals surface area contributed by atoms with E-state index in [9.17, 15) is 19.5 Å². The Labute approximate surface area is 213 Å². The molecular weight excluding hydrogens is 514 g/mol. The minimum atomic E-state index is -1.04. The lowest BCUT2D eigenvalue weighted by atomic mass is 9.85. The van der Waals surface area contributed by atoms with E-state index in [1.807, 2.05) is 18.2 Å². The third-order valence-electron chi connectivity index (χ3n) is 5.57. The molecule has 35 heavy (non-hydrogen) atoms. The molecule has 0 aromatic heterocycles. The van der Waals surface area contributed by atoms with E-state index in [1.165, 1.54) is 0 Å². The van der Waals surface area contributed by atoms with Crippen LogP contribution in [0.2, 0.25) is 0 Å². The number of anilines is 1. The van der Waals surface area contributed by atoms with Crippen LogP contribution >= 0.6 is 15.9 Å². The van der Waals surface area contributed by atoms with Crippen molar-refractivity contribution in [3.8, 4) is 0 Å². The molecule has 1 fully saturated rings. The van der Waals surface area contributed by atoms with Gasteiger partial charge in [-0.3, -0.25) is 25.0 Å². The Kier molecular flexibility index (Phi) is 8.87. The molecule has 2 amide bonds. The van der Waals surface area contributed by atoms with Crippen LogP contribution in [0, 0.1) is 0 Å². The molecule has 6 N–H and O–H groups in total. The number of carboxylic acid groups (broad SMARTS) is 1.